The molecule has 2 saturated heterocycles. The minimum atomic E-state index is -0.882. The van der Waals surface area contributed by atoms with Gasteiger partial charge in [-0.25, -0.2) is 4.79 Å². The quantitative estimate of drug-likeness (QED) is 0.466. The van der Waals surface area contributed by atoms with E-state index in [1.165, 1.54) is 4.90 Å². The molecule has 3 atom stereocenters. The van der Waals surface area contributed by atoms with Crippen molar-refractivity contribution in [1.82, 2.24) is 4.90 Å². The number of halogens is 1. The maximum Gasteiger partial charge on any atom is 0.327 e. The van der Waals surface area contributed by atoms with Gasteiger partial charge in [-0.1, -0.05) is 22.6 Å². The van der Waals surface area contributed by atoms with Gasteiger partial charge in [0, 0.05) is 4.43 Å². The number of amides is 1. The number of carbonyl (C=O) groups excluding carboxylic acids is 1. The highest BCUT2D eigenvalue weighted by Crippen LogP contribution is 2.51. The second-order valence-corrected chi connectivity index (χ2v) is 6.24. The molecule has 0 aromatic heterocycles. The summed E-state index contributed by atoms with van der Waals surface area (Å²) in [5, 5.41) is 9.21. The molecule has 0 aliphatic carbocycles. The summed E-state index contributed by atoms with van der Waals surface area (Å²) in [5.41, 5.74) is 0. The van der Waals surface area contributed by atoms with Crippen LogP contribution in [-0.2, 0) is 9.59 Å². The van der Waals surface area contributed by atoms with E-state index in [1.54, 1.807) is 11.8 Å². The molecule has 0 spiro atoms. The third-order valence-electron chi connectivity index (χ3n) is 2.71. The molecule has 0 radical (unpaired) electrons. The van der Waals surface area contributed by atoms with Crippen LogP contribution in [0.25, 0.3) is 0 Å². The summed E-state index contributed by atoms with van der Waals surface area (Å²) in [7, 11) is 0. The Morgan fingerprint density at radius 2 is 2.50 bits per heavy atom. The first-order valence-electron chi connectivity index (χ1n) is 4.27. The molecular weight excluding hydrogens is 317 g/mol. The summed E-state index contributed by atoms with van der Waals surface area (Å²) in [6, 6.07) is -0.643. The van der Waals surface area contributed by atoms with Gasteiger partial charge in [0.15, 0.2) is 0 Å². The molecule has 6 heteroatoms. The van der Waals surface area contributed by atoms with E-state index in [1.807, 2.05) is 6.92 Å². The maximum absolute atomic E-state index is 11.3. The number of β-lactam (4-membered cyclic amide) rings is 1. The standard InChI is InChI=1S/C8H10INO3S/c1-8(3-9)6(7(12)13)10-4(11)2-5(10)14-8/h5-6H,2-3H2,1H3,(H,12,13)/t5-,6+,8?/m1/s1. The summed E-state index contributed by atoms with van der Waals surface area (Å²) < 4.78 is 0.413. The van der Waals surface area contributed by atoms with Crippen LogP contribution >= 0.6 is 34.4 Å². The van der Waals surface area contributed by atoms with Crippen molar-refractivity contribution in [2.75, 3.05) is 4.43 Å². The molecule has 1 unspecified atom stereocenters. The van der Waals surface area contributed by atoms with Crippen LogP contribution in [0.4, 0.5) is 0 Å². The normalized spacial score (nSPS) is 40.7. The van der Waals surface area contributed by atoms with E-state index >= 15 is 0 Å². The van der Waals surface area contributed by atoms with Crippen LogP contribution in [0.3, 0.4) is 0 Å². The van der Waals surface area contributed by atoms with Crippen molar-refractivity contribution >= 4 is 46.2 Å². The number of rotatable bonds is 2. The zero-order valence-corrected chi connectivity index (χ0v) is 10.5. The molecule has 0 aromatic rings. The Bertz CT molecular complexity index is 311. The van der Waals surface area contributed by atoms with Crippen molar-refractivity contribution in [2.45, 2.75) is 29.5 Å². The van der Waals surface area contributed by atoms with E-state index in [4.69, 9.17) is 5.11 Å². The van der Waals surface area contributed by atoms with Crippen molar-refractivity contribution < 1.29 is 14.7 Å². The predicted molar refractivity (Wildman–Crippen MR) is 61.6 cm³/mol. The third kappa shape index (κ3) is 1.26. The highest BCUT2D eigenvalue weighted by atomic mass is 127. The lowest BCUT2D eigenvalue weighted by molar-refractivity contribution is -0.157. The highest BCUT2D eigenvalue weighted by molar-refractivity contribution is 14.1. The number of hydrogen-bond donors (Lipinski definition) is 1. The van der Waals surface area contributed by atoms with Crippen LogP contribution in [0, 0.1) is 0 Å². The Hall–Kier alpha value is 0.0200. The van der Waals surface area contributed by atoms with Crippen LogP contribution in [0.15, 0.2) is 0 Å². The van der Waals surface area contributed by atoms with E-state index in [2.05, 4.69) is 22.6 Å². The SMILES string of the molecule is CC1(CI)S[C@@H]2CC(=O)N2[C@H]1C(=O)O. The second-order valence-electron chi connectivity index (χ2n) is 3.76. The van der Waals surface area contributed by atoms with Crippen molar-refractivity contribution in [3.05, 3.63) is 0 Å². The Morgan fingerprint density at radius 1 is 1.86 bits per heavy atom. The molecule has 1 N–H and O–H groups in total. The van der Waals surface area contributed by atoms with Gasteiger partial charge in [0.2, 0.25) is 5.91 Å². The molecule has 2 fully saturated rings. The van der Waals surface area contributed by atoms with Crippen molar-refractivity contribution in [1.29, 1.82) is 0 Å². The van der Waals surface area contributed by atoms with Crippen molar-refractivity contribution in [3.8, 4) is 0 Å². The van der Waals surface area contributed by atoms with Gasteiger partial charge in [-0.3, -0.25) is 4.79 Å². The molecule has 0 bridgehead atoms. The molecule has 14 heavy (non-hydrogen) atoms. The summed E-state index contributed by atoms with van der Waals surface area (Å²) in [4.78, 5) is 23.9. The van der Waals surface area contributed by atoms with Gasteiger partial charge in [-0.2, -0.15) is 0 Å². The zero-order valence-electron chi connectivity index (χ0n) is 7.57. The summed E-state index contributed by atoms with van der Waals surface area (Å²) in [6.07, 6.45) is 0.501. The molecule has 2 aliphatic rings. The number of fused-ring (bicyclic) bond motifs is 1. The van der Waals surface area contributed by atoms with Crippen LogP contribution in [0.5, 0.6) is 0 Å². The van der Waals surface area contributed by atoms with Crippen LogP contribution in [0.2, 0.25) is 0 Å². The molecule has 0 saturated carbocycles. The van der Waals surface area contributed by atoms with E-state index in [0.717, 1.165) is 4.43 Å². The van der Waals surface area contributed by atoms with Gasteiger partial charge < -0.3 is 10.0 Å². The number of hydrogen-bond acceptors (Lipinski definition) is 3. The van der Waals surface area contributed by atoms with Gasteiger partial charge in [-0.05, 0) is 6.92 Å². The van der Waals surface area contributed by atoms with Gasteiger partial charge in [0.25, 0.3) is 0 Å². The molecule has 2 aliphatic heterocycles. The molecule has 78 valence electrons. The summed E-state index contributed by atoms with van der Waals surface area (Å²) >= 11 is 3.81. The first-order chi connectivity index (χ1) is 6.49. The fourth-order valence-corrected chi connectivity index (χ4v) is 4.53. The topological polar surface area (TPSA) is 57.6 Å². The Balaban J connectivity index is 2.31. The average molecular weight is 327 g/mol. The van der Waals surface area contributed by atoms with Gasteiger partial charge in [0.05, 0.1) is 16.5 Å². The zero-order chi connectivity index (χ0) is 10.5. The maximum atomic E-state index is 11.3. The Kier molecular flexibility index (Phi) is 2.45. The highest BCUT2D eigenvalue weighted by Gasteiger charge is 2.60. The van der Waals surface area contributed by atoms with E-state index in [0.29, 0.717) is 6.42 Å². The average Bonchev–Trinajstić information content (AvgIpc) is 2.35. The number of aliphatic carboxylic acids is 1. The first kappa shape index (κ1) is 10.5. The molecule has 2 rings (SSSR count). The molecule has 1 amide bonds. The monoisotopic (exact) mass is 327 g/mol. The van der Waals surface area contributed by atoms with Gasteiger partial charge >= 0.3 is 5.97 Å². The van der Waals surface area contributed by atoms with E-state index in [9.17, 15) is 9.59 Å². The van der Waals surface area contributed by atoms with Gasteiger partial charge in [-0.15, -0.1) is 11.8 Å². The number of carboxylic acid groups (broad SMARTS) is 1. The minimum Gasteiger partial charge on any atom is -0.480 e. The lowest BCUT2D eigenvalue weighted by atomic mass is 9.98. The number of nitrogens with zero attached hydrogens (tertiary/aromatic N) is 1. The summed E-state index contributed by atoms with van der Waals surface area (Å²) in [5.74, 6) is -0.907. The van der Waals surface area contributed by atoms with Gasteiger partial charge in [0.1, 0.15) is 6.04 Å². The Morgan fingerprint density at radius 3 is 2.93 bits per heavy atom. The second kappa shape index (κ2) is 3.26. The minimum absolute atomic E-state index is 0.0246. The van der Waals surface area contributed by atoms with E-state index in [-0.39, 0.29) is 16.0 Å². The smallest absolute Gasteiger partial charge is 0.327 e. The third-order valence-corrected chi connectivity index (χ3v) is 6.38. The van der Waals surface area contributed by atoms with Crippen LogP contribution in [0.1, 0.15) is 13.3 Å². The number of alkyl halides is 1. The van der Waals surface area contributed by atoms with Crippen LogP contribution in [-0.4, -0.2) is 42.5 Å². The van der Waals surface area contributed by atoms with Crippen molar-refractivity contribution in [2.24, 2.45) is 0 Å². The number of carboxylic acids is 1. The van der Waals surface area contributed by atoms with Crippen molar-refractivity contribution in [3.63, 3.8) is 0 Å². The van der Waals surface area contributed by atoms with E-state index < -0.39 is 12.0 Å². The molecular formula is C8H10INO3S. The fraction of sp³-hybridized carbons (Fsp3) is 0.750. The lowest BCUT2D eigenvalue weighted by Gasteiger charge is -2.36. The number of thioether (sulfide) groups is 1. The van der Waals surface area contributed by atoms with Crippen LogP contribution < -0.4 is 0 Å². The lowest BCUT2D eigenvalue weighted by Crippen LogP contribution is -2.57. The Labute approximate surface area is 99.5 Å². The largest absolute Gasteiger partial charge is 0.480 e. The molecule has 0 aromatic carbocycles. The first-order valence-corrected chi connectivity index (χ1v) is 6.68. The predicted octanol–water partition coefficient (Wildman–Crippen LogP) is 0.939. The number of carbonyl (C=O) groups is 2. The summed E-state index contributed by atoms with van der Waals surface area (Å²) in [6.45, 7) is 1.93. The fourth-order valence-electron chi connectivity index (χ4n) is 1.96. The molecule has 2 heterocycles. The molecule has 4 nitrogen and oxygen atoms in total.